The first-order chi connectivity index (χ1) is 23.0. The lowest BCUT2D eigenvalue weighted by Gasteiger charge is -2.15. The van der Waals surface area contributed by atoms with Gasteiger partial charge in [0.1, 0.15) is 20.1 Å². The van der Waals surface area contributed by atoms with Gasteiger partial charge >= 0.3 is 0 Å². The zero-order valence-electron chi connectivity index (χ0n) is 25.7. The molecule has 2 aromatic carbocycles. The van der Waals surface area contributed by atoms with Crippen LogP contribution in [0.1, 0.15) is 46.4 Å². The van der Waals surface area contributed by atoms with Gasteiger partial charge in [0.15, 0.2) is 0 Å². The quantitative estimate of drug-likeness (QED) is 0.143. The largest absolute Gasteiger partial charge is 0.496 e. The van der Waals surface area contributed by atoms with Crippen molar-refractivity contribution in [2.45, 2.75) is 25.7 Å². The van der Waals surface area contributed by atoms with Gasteiger partial charge in [-0.3, -0.25) is 60.3 Å². The number of thioether (sulfide) groups is 2. The van der Waals surface area contributed by atoms with Crippen LogP contribution in [-0.4, -0.2) is 81.2 Å². The third-order valence-corrected chi connectivity index (χ3v) is 9.84. The molecule has 0 radical (unpaired) electrons. The maximum atomic E-state index is 13.2. The Labute approximate surface area is 294 Å². The molecule has 2 aliphatic rings. The number of benzene rings is 2. The Morgan fingerprint density at radius 2 is 1.02 bits per heavy atom. The molecule has 2 saturated heterocycles. The number of hydrazine groups is 2. The maximum absolute atomic E-state index is 13.2. The average Bonchev–Trinajstić information content (AvgIpc) is 3.54. The number of para-hydroxylation sites is 2. The minimum Gasteiger partial charge on any atom is -0.496 e. The van der Waals surface area contributed by atoms with Crippen molar-refractivity contribution in [3.05, 3.63) is 69.5 Å². The van der Waals surface area contributed by atoms with Crippen LogP contribution >= 0.6 is 48.0 Å². The molecule has 48 heavy (non-hydrogen) atoms. The summed E-state index contributed by atoms with van der Waals surface area (Å²) in [6, 6.07) is 13.1. The summed E-state index contributed by atoms with van der Waals surface area (Å²) in [6.07, 6.45) is 0.438. The lowest BCUT2D eigenvalue weighted by Crippen LogP contribution is -2.42. The van der Waals surface area contributed by atoms with Crippen molar-refractivity contribution in [1.29, 1.82) is 0 Å². The van der Waals surface area contributed by atoms with Crippen LogP contribution in [0.2, 0.25) is 0 Å². The van der Waals surface area contributed by atoms with E-state index in [1.165, 1.54) is 24.0 Å². The van der Waals surface area contributed by atoms with E-state index in [-0.39, 0.29) is 68.4 Å². The van der Waals surface area contributed by atoms with Gasteiger partial charge in [0, 0.05) is 25.9 Å². The first kappa shape index (κ1) is 36.3. The van der Waals surface area contributed by atoms with Crippen molar-refractivity contribution in [2.75, 3.05) is 27.3 Å². The highest BCUT2D eigenvalue weighted by Crippen LogP contribution is 2.42. The number of nitrogens with zero attached hydrogens (tertiary/aromatic N) is 2. The Balaban J connectivity index is 1.22. The molecule has 2 aromatic rings. The Morgan fingerprint density at radius 3 is 1.40 bits per heavy atom. The lowest BCUT2D eigenvalue weighted by atomic mass is 10.2. The number of thiocarbonyl (C=S) groups is 2. The summed E-state index contributed by atoms with van der Waals surface area (Å²) in [7, 11) is 2.86. The molecule has 2 fully saturated rings. The number of amides is 6. The van der Waals surface area contributed by atoms with Gasteiger partial charge in [-0.25, -0.2) is 0 Å². The van der Waals surface area contributed by atoms with Crippen LogP contribution in [0.15, 0.2) is 58.3 Å². The number of hydrogen-bond acceptors (Lipinski definition) is 12. The molecule has 0 spiro atoms. The second kappa shape index (κ2) is 17.0. The molecule has 4 N–H and O–H groups in total. The second-order valence-corrected chi connectivity index (χ2v) is 13.2. The van der Waals surface area contributed by atoms with Crippen LogP contribution in [0.5, 0.6) is 11.5 Å². The highest BCUT2D eigenvalue weighted by atomic mass is 32.2. The number of carbonyl (C=O) groups excluding carboxylic acids is 6. The van der Waals surface area contributed by atoms with E-state index in [1.54, 1.807) is 48.5 Å². The first-order valence-corrected chi connectivity index (χ1v) is 16.8. The summed E-state index contributed by atoms with van der Waals surface area (Å²) in [5.74, 6) is -2.29. The molecule has 18 heteroatoms. The normalized spacial score (nSPS) is 15.8. The van der Waals surface area contributed by atoms with Gasteiger partial charge in [0.05, 0.1) is 35.2 Å². The van der Waals surface area contributed by atoms with Crippen LogP contribution in [0.4, 0.5) is 0 Å². The van der Waals surface area contributed by atoms with Crippen molar-refractivity contribution in [2.24, 2.45) is 0 Å². The summed E-state index contributed by atoms with van der Waals surface area (Å²) in [5.41, 5.74) is 9.83. The smallest absolute Gasteiger partial charge is 0.273 e. The monoisotopic (exact) mass is 730 g/mol. The van der Waals surface area contributed by atoms with E-state index >= 15 is 0 Å². The van der Waals surface area contributed by atoms with Gasteiger partial charge < -0.3 is 9.47 Å². The molecule has 14 nitrogen and oxygen atoms in total. The Kier molecular flexibility index (Phi) is 12.9. The number of carbonyl (C=O) groups is 6. The van der Waals surface area contributed by atoms with E-state index < -0.39 is 35.4 Å². The van der Waals surface area contributed by atoms with Crippen LogP contribution in [0.25, 0.3) is 0 Å². The molecule has 0 aromatic heterocycles. The number of ether oxygens (including phenoxy) is 2. The van der Waals surface area contributed by atoms with Gasteiger partial charge in [-0.2, -0.15) is 0 Å². The average molecular weight is 731 g/mol. The Hall–Kier alpha value is -4.52. The highest BCUT2D eigenvalue weighted by Gasteiger charge is 2.41. The van der Waals surface area contributed by atoms with Crippen molar-refractivity contribution in [1.82, 2.24) is 31.5 Å². The molecular formula is C30H30N6O8S4. The topological polar surface area (TPSA) is 175 Å². The molecular weight excluding hydrogens is 701 g/mol. The van der Waals surface area contributed by atoms with Crippen molar-refractivity contribution >= 4 is 92.0 Å². The van der Waals surface area contributed by atoms with Gasteiger partial charge in [-0.05, 0) is 37.1 Å². The number of nitrogens with one attached hydrogen (secondary N) is 4. The Morgan fingerprint density at radius 1 is 0.646 bits per heavy atom. The van der Waals surface area contributed by atoms with Crippen molar-refractivity contribution in [3.8, 4) is 11.5 Å². The minimum atomic E-state index is -0.549. The number of hydrogen-bond donors (Lipinski definition) is 4. The summed E-state index contributed by atoms with van der Waals surface area (Å²) < 4.78 is 10.8. The van der Waals surface area contributed by atoms with E-state index in [0.29, 0.717) is 11.5 Å². The molecule has 252 valence electrons. The summed E-state index contributed by atoms with van der Waals surface area (Å²) in [5, 5.41) is 0. The number of rotatable bonds is 12. The summed E-state index contributed by atoms with van der Waals surface area (Å²) in [4.78, 5) is 78.7. The second-order valence-electron chi connectivity index (χ2n) is 9.92. The van der Waals surface area contributed by atoms with Gasteiger partial charge in [0.25, 0.3) is 23.6 Å². The van der Waals surface area contributed by atoms with Gasteiger partial charge in [-0.1, -0.05) is 72.2 Å². The van der Waals surface area contributed by atoms with Crippen LogP contribution in [0, 0.1) is 0 Å². The zero-order chi connectivity index (χ0) is 34.8. The van der Waals surface area contributed by atoms with E-state index in [2.05, 4.69) is 21.7 Å². The predicted molar refractivity (Wildman–Crippen MR) is 187 cm³/mol. The third-order valence-electron chi connectivity index (χ3n) is 6.81. The predicted octanol–water partition coefficient (Wildman–Crippen LogP) is 2.42. The highest BCUT2D eigenvalue weighted by molar-refractivity contribution is 8.29. The molecule has 4 rings (SSSR count). The third kappa shape index (κ3) is 8.88. The van der Waals surface area contributed by atoms with Crippen LogP contribution in [-0.2, 0) is 19.2 Å². The molecule has 0 atom stereocenters. The van der Waals surface area contributed by atoms with Crippen molar-refractivity contribution < 1.29 is 38.2 Å². The van der Waals surface area contributed by atoms with Gasteiger partial charge in [0.2, 0.25) is 11.8 Å². The van der Waals surface area contributed by atoms with E-state index in [0.717, 1.165) is 23.5 Å². The molecule has 0 unspecified atom stereocenters. The molecule has 0 saturated carbocycles. The van der Waals surface area contributed by atoms with E-state index in [4.69, 9.17) is 33.9 Å². The standard InChI is InChI=1S/C30H30N6O8S4/c1-43-19-11-5-3-9-17(19)25(39)33-31-21(37)13-7-15-35-27(41)23(47-29(35)45)24-28(42)36(30(46)48-24)16-8-14-22(38)32-34-26(40)18-10-4-6-12-20(18)44-2/h3-6,9-12H,7-8,13-16H2,1-2H3,(H,31,37)(H,32,38)(H,33,39)(H,34,40)/b24-23+. The Bertz CT molecular complexity index is 1580. The van der Waals surface area contributed by atoms with Gasteiger partial charge in [-0.15, -0.1) is 0 Å². The zero-order valence-corrected chi connectivity index (χ0v) is 28.9. The van der Waals surface area contributed by atoms with Crippen molar-refractivity contribution in [3.63, 3.8) is 0 Å². The fourth-order valence-corrected chi connectivity index (χ4v) is 7.20. The molecule has 6 amide bonds. The molecule has 2 aliphatic heterocycles. The number of methoxy groups -OCH3 is 2. The van der Waals surface area contributed by atoms with Crippen LogP contribution < -0.4 is 31.2 Å². The molecule has 2 heterocycles. The summed E-state index contributed by atoms with van der Waals surface area (Å²) >= 11 is 12.7. The maximum Gasteiger partial charge on any atom is 0.273 e. The summed E-state index contributed by atoms with van der Waals surface area (Å²) in [6.45, 7) is 0.232. The molecule has 0 bridgehead atoms. The van der Waals surface area contributed by atoms with E-state index in [1.807, 2.05) is 0 Å². The SMILES string of the molecule is COc1ccccc1C(=O)NNC(=O)CCCN1C(=O)/C(=C2\SC(=S)N(CCCC(=O)NNC(=O)c3ccccc3OC)C2=O)SC1=S. The lowest BCUT2D eigenvalue weighted by molar-refractivity contribution is -0.125. The van der Waals surface area contributed by atoms with E-state index in [9.17, 15) is 28.8 Å². The minimum absolute atomic E-state index is 0.0155. The molecule has 0 aliphatic carbocycles. The van der Waals surface area contributed by atoms with Crippen LogP contribution in [0.3, 0.4) is 0 Å². The fraction of sp³-hybridized carbons (Fsp3) is 0.267. The first-order valence-electron chi connectivity index (χ1n) is 14.3. The fourth-order valence-electron chi connectivity index (χ4n) is 4.43.